The quantitative estimate of drug-likeness (QED) is 0.530. The van der Waals surface area contributed by atoms with Crippen LogP contribution in [0.5, 0.6) is 0 Å². The first-order valence-corrected chi connectivity index (χ1v) is 10.6. The minimum Gasteiger partial charge on any atom is -0.321 e. The Kier molecular flexibility index (Phi) is 5.87. The number of hydrogen-bond acceptors (Lipinski definition) is 4. The predicted octanol–water partition coefficient (Wildman–Crippen LogP) is 5.47. The van der Waals surface area contributed by atoms with E-state index in [9.17, 15) is 26.4 Å². The van der Waals surface area contributed by atoms with Crippen molar-refractivity contribution in [2.75, 3.05) is 10.0 Å². The van der Waals surface area contributed by atoms with Gasteiger partial charge in [0.2, 0.25) is 0 Å². The zero-order chi connectivity index (χ0) is 21.2. The van der Waals surface area contributed by atoms with Crippen LogP contribution in [0.3, 0.4) is 0 Å². The van der Waals surface area contributed by atoms with E-state index >= 15 is 0 Å². The molecule has 0 atom stereocenters. The third kappa shape index (κ3) is 5.08. The van der Waals surface area contributed by atoms with Gasteiger partial charge >= 0.3 is 6.18 Å². The zero-order valence-electron chi connectivity index (χ0n) is 14.3. The number of carbonyl (C=O) groups excluding carboxylic acids is 1. The van der Waals surface area contributed by atoms with Crippen LogP contribution in [0.4, 0.5) is 24.5 Å². The van der Waals surface area contributed by atoms with E-state index in [1.165, 1.54) is 41.8 Å². The number of alkyl halides is 3. The van der Waals surface area contributed by atoms with E-state index in [1.807, 2.05) is 0 Å². The number of thiophene rings is 1. The average molecular weight is 461 g/mol. The minimum absolute atomic E-state index is 0.000508. The lowest BCUT2D eigenvalue weighted by molar-refractivity contribution is -0.137. The van der Waals surface area contributed by atoms with Crippen molar-refractivity contribution in [3.63, 3.8) is 0 Å². The summed E-state index contributed by atoms with van der Waals surface area (Å²) in [5.74, 6) is -0.747. The van der Waals surface area contributed by atoms with Gasteiger partial charge in [-0.2, -0.15) is 13.2 Å². The second-order valence-corrected chi connectivity index (χ2v) is 8.79. The van der Waals surface area contributed by atoms with Crippen molar-refractivity contribution in [3.8, 4) is 0 Å². The van der Waals surface area contributed by atoms with Gasteiger partial charge in [0.25, 0.3) is 15.9 Å². The molecule has 1 heterocycles. The summed E-state index contributed by atoms with van der Waals surface area (Å²) in [4.78, 5) is 12.4. The number of carbonyl (C=O) groups is 1. The maximum absolute atomic E-state index is 12.8. The standard InChI is InChI=1S/C18H12ClF3N2O3S2/c19-12-4-2-6-14(10-12)29(26,27)24-15-7-8-28-16(15)17(25)23-13-5-1-3-11(9-13)18(20,21)22/h1-10,24H,(H,23,25). The lowest BCUT2D eigenvalue weighted by atomic mass is 10.2. The molecule has 0 aliphatic rings. The molecule has 3 aromatic rings. The molecule has 3 rings (SSSR count). The number of sulfonamides is 1. The highest BCUT2D eigenvalue weighted by Crippen LogP contribution is 2.31. The number of amides is 1. The summed E-state index contributed by atoms with van der Waals surface area (Å²) in [7, 11) is -4.02. The summed E-state index contributed by atoms with van der Waals surface area (Å²) in [6, 6.07) is 11.1. The van der Waals surface area contributed by atoms with E-state index in [4.69, 9.17) is 11.6 Å². The highest BCUT2D eigenvalue weighted by molar-refractivity contribution is 7.92. The molecule has 2 N–H and O–H groups in total. The Labute approximate surface area is 173 Å². The van der Waals surface area contributed by atoms with Crippen LogP contribution in [-0.2, 0) is 16.2 Å². The number of benzene rings is 2. The van der Waals surface area contributed by atoms with Gasteiger partial charge in [-0.05, 0) is 47.8 Å². The number of hydrogen-bond donors (Lipinski definition) is 2. The van der Waals surface area contributed by atoms with Gasteiger partial charge in [0.1, 0.15) is 4.88 Å². The number of anilines is 2. The van der Waals surface area contributed by atoms with Crippen molar-refractivity contribution >= 4 is 50.2 Å². The molecule has 0 aliphatic heterocycles. The Bertz CT molecular complexity index is 1160. The minimum atomic E-state index is -4.55. The summed E-state index contributed by atoms with van der Waals surface area (Å²) in [5.41, 5.74) is -0.982. The Morgan fingerprint density at radius 3 is 2.45 bits per heavy atom. The van der Waals surface area contributed by atoms with E-state index < -0.39 is 27.7 Å². The topological polar surface area (TPSA) is 75.3 Å². The van der Waals surface area contributed by atoms with E-state index in [0.717, 1.165) is 29.5 Å². The lowest BCUT2D eigenvalue weighted by Crippen LogP contribution is -2.17. The fraction of sp³-hybridized carbons (Fsp3) is 0.0556. The van der Waals surface area contributed by atoms with Crippen molar-refractivity contribution in [3.05, 3.63) is 75.4 Å². The second kappa shape index (κ2) is 8.05. The number of nitrogens with one attached hydrogen (secondary N) is 2. The van der Waals surface area contributed by atoms with Crippen LogP contribution in [0.15, 0.2) is 64.9 Å². The molecule has 0 saturated heterocycles. The molecule has 152 valence electrons. The van der Waals surface area contributed by atoms with Crippen molar-refractivity contribution in [1.29, 1.82) is 0 Å². The SMILES string of the molecule is O=C(Nc1cccc(C(F)(F)F)c1)c1sccc1NS(=O)(=O)c1cccc(Cl)c1. The molecule has 1 amide bonds. The molecule has 5 nitrogen and oxygen atoms in total. The molecule has 11 heteroatoms. The van der Waals surface area contributed by atoms with Gasteiger partial charge in [-0.3, -0.25) is 9.52 Å². The molecule has 0 radical (unpaired) electrons. The fourth-order valence-electron chi connectivity index (χ4n) is 2.36. The summed E-state index contributed by atoms with van der Waals surface area (Å²) in [6.07, 6.45) is -4.55. The molecule has 0 spiro atoms. The fourth-order valence-corrected chi connectivity index (χ4v) is 4.55. The van der Waals surface area contributed by atoms with Crippen molar-refractivity contribution in [1.82, 2.24) is 0 Å². The molecular weight excluding hydrogens is 449 g/mol. The normalized spacial score (nSPS) is 11.9. The molecule has 0 aliphatic carbocycles. The van der Waals surface area contributed by atoms with Crippen LogP contribution in [0.1, 0.15) is 15.2 Å². The summed E-state index contributed by atoms with van der Waals surface area (Å²) < 4.78 is 65.8. The van der Waals surface area contributed by atoms with Gasteiger partial charge in [0.05, 0.1) is 16.1 Å². The zero-order valence-corrected chi connectivity index (χ0v) is 16.7. The third-order valence-corrected chi connectivity index (χ3v) is 6.18. The Hall–Kier alpha value is -2.56. The van der Waals surface area contributed by atoms with Crippen molar-refractivity contribution < 1.29 is 26.4 Å². The van der Waals surface area contributed by atoms with Crippen LogP contribution >= 0.6 is 22.9 Å². The number of halogens is 4. The van der Waals surface area contributed by atoms with E-state index in [-0.39, 0.29) is 26.2 Å². The van der Waals surface area contributed by atoms with E-state index in [0.29, 0.717) is 0 Å². The van der Waals surface area contributed by atoms with E-state index in [1.54, 1.807) is 0 Å². The molecule has 0 bridgehead atoms. The smallest absolute Gasteiger partial charge is 0.321 e. The molecule has 2 aromatic carbocycles. The first kappa shape index (κ1) is 21.2. The van der Waals surface area contributed by atoms with E-state index in [2.05, 4.69) is 10.0 Å². The van der Waals surface area contributed by atoms with Gasteiger partial charge in [-0.25, -0.2) is 8.42 Å². The molecule has 0 unspecified atom stereocenters. The highest BCUT2D eigenvalue weighted by Gasteiger charge is 2.30. The Morgan fingerprint density at radius 1 is 1.03 bits per heavy atom. The monoisotopic (exact) mass is 460 g/mol. The van der Waals surface area contributed by atoms with Crippen molar-refractivity contribution in [2.45, 2.75) is 11.1 Å². The summed E-state index contributed by atoms with van der Waals surface area (Å²) in [6.45, 7) is 0. The lowest BCUT2D eigenvalue weighted by Gasteiger charge is -2.11. The van der Waals surface area contributed by atoms with Crippen molar-refractivity contribution in [2.24, 2.45) is 0 Å². The summed E-state index contributed by atoms with van der Waals surface area (Å²) in [5, 5.41) is 4.05. The van der Waals surface area contributed by atoms with Gasteiger partial charge in [-0.1, -0.05) is 23.7 Å². The Balaban J connectivity index is 1.82. The summed E-state index contributed by atoms with van der Waals surface area (Å²) >= 11 is 6.75. The molecule has 0 saturated carbocycles. The van der Waals surface area contributed by atoms with Gasteiger partial charge in [0, 0.05) is 10.7 Å². The molecular formula is C18H12ClF3N2O3S2. The van der Waals surface area contributed by atoms with Crippen LogP contribution in [0, 0.1) is 0 Å². The first-order valence-electron chi connectivity index (χ1n) is 7.91. The first-order chi connectivity index (χ1) is 13.6. The molecule has 29 heavy (non-hydrogen) atoms. The van der Waals surface area contributed by atoms with Gasteiger partial charge < -0.3 is 5.32 Å². The second-order valence-electron chi connectivity index (χ2n) is 5.76. The maximum atomic E-state index is 12.8. The van der Waals surface area contributed by atoms with Gasteiger partial charge in [0.15, 0.2) is 0 Å². The average Bonchev–Trinajstić information content (AvgIpc) is 3.09. The van der Waals surface area contributed by atoms with Gasteiger partial charge in [-0.15, -0.1) is 11.3 Å². The maximum Gasteiger partial charge on any atom is 0.416 e. The van der Waals surface area contributed by atoms with Crippen LogP contribution in [-0.4, -0.2) is 14.3 Å². The largest absolute Gasteiger partial charge is 0.416 e. The Morgan fingerprint density at radius 2 is 1.76 bits per heavy atom. The molecule has 0 fully saturated rings. The van der Waals surface area contributed by atoms with Crippen LogP contribution in [0.25, 0.3) is 0 Å². The predicted molar refractivity (Wildman–Crippen MR) is 106 cm³/mol. The third-order valence-electron chi connectivity index (χ3n) is 3.67. The van der Waals surface area contributed by atoms with Crippen LogP contribution < -0.4 is 10.0 Å². The molecule has 1 aromatic heterocycles. The highest BCUT2D eigenvalue weighted by atomic mass is 35.5. The van der Waals surface area contributed by atoms with Crippen LogP contribution in [0.2, 0.25) is 5.02 Å². The number of rotatable bonds is 5.